The summed E-state index contributed by atoms with van der Waals surface area (Å²) >= 11 is 0. The van der Waals surface area contributed by atoms with E-state index in [-0.39, 0.29) is 29.9 Å². The molecule has 0 aliphatic carbocycles. The van der Waals surface area contributed by atoms with Gasteiger partial charge in [0.2, 0.25) is 0 Å². The van der Waals surface area contributed by atoms with Gasteiger partial charge in [-0.05, 0) is 25.0 Å². The first-order valence-corrected chi connectivity index (χ1v) is 7.59. The lowest BCUT2D eigenvalue weighted by Crippen LogP contribution is -3.00. The fraction of sp³-hybridized carbons (Fsp3) is 0.278. The van der Waals surface area contributed by atoms with Crippen molar-refractivity contribution >= 4 is 11.9 Å². The summed E-state index contributed by atoms with van der Waals surface area (Å²) in [5.41, 5.74) is 1.97. The number of aryl methyl sites for hydroxylation is 1. The van der Waals surface area contributed by atoms with E-state index in [0.29, 0.717) is 24.3 Å². The molecular formula is C18H21IN2O3. The molecule has 1 aromatic carbocycles. The number of aromatic nitrogens is 1. The van der Waals surface area contributed by atoms with Crippen LogP contribution >= 0.6 is 0 Å². The fourth-order valence-electron chi connectivity index (χ4n) is 2.24. The van der Waals surface area contributed by atoms with Crippen molar-refractivity contribution in [3.63, 3.8) is 0 Å². The molecule has 0 spiro atoms. The largest absolute Gasteiger partial charge is 1.00 e. The van der Waals surface area contributed by atoms with Crippen molar-refractivity contribution in [3.05, 3.63) is 65.5 Å². The zero-order valence-corrected chi connectivity index (χ0v) is 15.9. The van der Waals surface area contributed by atoms with E-state index in [9.17, 15) is 9.59 Å². The van der Waals surface area contributed by atoms with Gasteiger partial charge in [-0.1, -0.05) is 30.3 Å². The van der Waals surface area contributed by atoms with E-state index < -0.39 is 5.97 Å². The standard InChI is InChI=1S/C18H20N2O3.HI/c1-3-23-18(22)16-11-15(12-20(2)13-16)17(21)19-10-9-14-7-5-4-6-8-14;/h4-8,11-13H,3,9-10H2,1-2H3;1H. The molecule has 0 bridgehead atoms. The van der Waals surface area contributed by atoms with Crippen molar-refractivity contribution in [1.29, 1.82) is 0 Å². The highest BCUT2D eigenvalue weighted by molar-refractivity contribution is 5.97. The van der Waals surface area contributed by atoms with Gasteiger partial charge >= 0.3 is 5.97 Å². The van der Waals surface area contributed by atoms with Crippen LogP contribution in [0.1, 0.15) is 33.2 Å². The Kier molecular flexibility index (Phi) is 8.39. The molecule has 1 amide bonds. The van der Waals surface area contributed by atoms with Crippen LogP contribution in [-0.2, 0) is 18.2 Å². The van der Waals surface area contributed by atoms with Crippen LogP contribution < -0.4 is 33.9 Å². The summed E-state index contributed by atoms with van der Waals surface area (Å²) in [4.78, 5) is 24.0. The molecule has 0 atom stereocenters. The summed E-state index contributed by atoms with van der Waals surface area (Å²) in [5.74, 6) is -0.635. The van der Waals surface area contributed by atoms with E-state index in [1.807, 2.05) is 30.3 Å². The molecule has 2 aromatic rings. The Morgan fingerprint density at radius 2 is 1.79 bits per heavy atom. The van der Waals surface area contributed by atoms with Crippen LogP contribution in [0, 0.1) is 0 Å². The van der Waals surface area contributed by atoms with Crippen molar-refractivity contribution < 1.29 is 42.9 Å². The SMILES string of the molecule is CCOC(=O)c1cc(C(=O)NCCc2ccccc2)c[n+](C)c1.[I-]. The van der Waals surface area contributed by atoms with Crippen molar-refractivity contribution in [2.24, 2.45) is 7.05 Å². The lowest BCUT2D eigenvalue weighted by Gasteiger charge is -2.06. The zero-order chi connectivity index (χ0) is 16.7. The highest BCUT2D eigenvalue weighted by Crippen LogP contribution is 2.04. The molecule has 2 rings (SSSR count). The average molecular weight is 440 g/mol. The van der Waals surface area contributed by atoms with Gasteiger partial charge in [0.05, 0.1) is 6.61 Å². The lowest BCUT2D eigenvalue weighted by molar-refractivity contribution is -0.671. The second kappa shape index (κ2) is 10.0. The Morgan fingerprint density at radius 1 is 1.12 bits per heavy atom. The lowest BCUT2D eigenvalue weighted by atomic mass is 10.1. The number of esters is 1. The van der Waals surface area contributed by atoms with Crippen LogP contribution in [0.15, 0.2) is 48.8 Å². The Labute approximate surface area is 159 Å². The monoisotopic (exact) mass is 440 g/mol. The van der Waals surface area contributed by atoms with Gasteiger partial charge in [-0.25, -0.2) is 9.36 Å². The highest BCUT2D eigenvalue weighted by Gasteiger charge is 2.16. The summed E-state index contributed by atoms with van der Waals surface area (Å²) in [6.07, 6.45) is 4.08. The Balaban J connectivity index is 0.00000288. The summed E-state index contributed by atoms with van der Waals surface area (Å²) in [6, 6.07) is 11.5. The number of nitrogens with zero attached hydrogens (tertiary/aromatic N) is 1. The number of carbonyl (C=O) groups is 2. The third-order valence-corrected chi connectivity index (χ3v) is 3.31. The Bertz CT molecular complexity index is 690. The number of benzene rings is 1. The Morgan fingerprint density at radius 3 is 2.46 bits per heavy atom. The van der Waals surface area contributed by atoms with Crippen LogP contribution in [0.5, 0.6) is 0 Å². The molecule has 0 unspecified atom stereocenters. The van der Waals surface area contributed by atoms with E-state index in [2.05, 4.69) is 5.32 Å². The van der Waals surface area contributed by atoms with Crippen molar-refractivity contribution in [2.75, 3.05) is 13.2 Å². The minimum atomic E-state index is -0.429. The van der Waals surface area contributed by atoms with Gasteiger partial charge in [0, 0.05) is 6.54 Å². The van der Waals surface area contributed by atoms with Crippen molar-refractivity contribution in [2.45, 2.75) is 13.3 Å². The van der Waals surface area contributed by atoms with Gasteiger partial charge in [0.25, 0.3) is 5.91 Å². The van der Waals surface area contributed by atoms with Gasteiger partial charge in [-0.15, -0.1) is 0 Å². The van der Waals surface area contributed by atoms with Gasteiger partial charge in [-0.2, -0.15) is 0 Å². The molecular weight excluding hydrogens is 419 g/mol. The first kappa shape index (κ1) is 20.1. The first-order chi connectivity index (χ1) is 11.1. The first-order valence-electron chi connectivity index (χ1n) is 7.59. The number of halogens is 1. The topological polar surface area (TPSA) is 59.3 Å². The predicted molar refractivity (Wildman–Crippen MR) is 86.1 cm³/mol. The molecule has 0 aliphatic rings. The zero-order valence-electron chi connectivity index (χ0n) is 13.8. The van der Waals surface area contributed by atoms with Gasteiger partial charge in [0.1, 0.15) is 18.2 Å². The van der Waals surface area contributed by atoms with E-state index >= 15 is 0 Å². The number of rotatable bonds is 6. The number of amides is 1. The Hall–Kier alpha value is -1.96. The van der Waals surface area contributed by atoms with Gasteiger partial charge in [0.15, 0.2) is 12.4 Å². The van der Waals surface area contributed by atoms with Crippen molar-refractivity contribution in [1.82, 2.24) is 5.32 Å². The number of hydrogen-bond acceptors (Lipinski definition) is 3. The molecule has 1 aromatic heterocycles. The van der Waals surface area contributed by atoms with E-state index in [4.69, 9.17) is 4.74 Å². The quantitative estimate of drug-likeness (QED) is 0.344. The molecule has 0 radical (unpaired) electrons. The smallest absolute Gasteiger partial charge is 0.344 e. The van der Waals surface area contributed by atoms with Gasteiger partial charge in [-0.3, -0.25) is 4.79 Å². The van der Waals surface area contributed by atoms with E-state index in [1.54, 1.807) is 37.0 Å². The minimum absolute atomic E-state index is 0. The maximum absolute atomic E-state index is 12.2. The molecule has 5 nitrogen and oxygen atoms in total. The normalized spacial score (nSPS) is 9.75. The molecule has 0 aliphatic heterocycles. The molecule has 0 fully saturated rings. The van der Waals surface area contributed by atoms with Crippen LogP contribution in [0.3, 0.4) is 0 Å². The van der Waals surface area contributed by atoms with E-state index in [0.717, 1.165) is 6.42 Å². The van der Waals surface area contributed by atoms with Crippen LogP contribution in [-0.4, -0.2) is 25.0 Å². The number of carbonyl (C=O) groups excluding carboxylic acids is 2. The molecule has 0 saturated heterocycles. The number of pyridine rings is 1. The van der Waals surface area contributed by atoms with Crippen molar-refractivity contribution in [3.8, 4) is 0 Å². The third kappa shape index (κ3) is 5.92. The molecule has 128 valence electrons. The van der Waals surface area contributed by atoms with Gasteiger partial charge < -0.3 is 34.0 Å². The highest BCUT2D eigenvalue weighted by atomic mass is 127. The summed E-state index contributed by atoms with van der Waals surface area (Å²) in [6.45, 7) is 2.59. The molecule has 1 heterocycles. The maximum Gasteiger partial charge on any atom is 0.344 e. The second-order valence-corrected chi connectivity index (χ2v) is 5.19. The number of hydrogen-bond donors (Lipinski definition) is 1. The average Bonchev–Trinajstić information content (AvgIpc) is 2.55. The molecule has 1 N–H and O–H groups in total. The van der Waals surface area contributed by atoms with Crippen LogP contribution in [0.2, 0.25) is 0 Å². The fourth-order valence-corrected chi connectivity index (χ4v) is 2.24. The second-order valence-electron chi connectivity index (χ2n) is 5.19. The molecule has 0 saturated carbocycles. The maximum atomic E-state index is 12.2. The summed E-state index contributed by atoms with van der Waals surface area (Å²) < 4.78 is 6.65. The van der Waals surface area contributed by atoms with E-state index in [1.165, 1.54) is 5.56 Å². The third-order valence-electron chi connectivity index (χ3n) is 3.31. The van der Waals surface area contributed by atoms with Crippen LogP contribution in [0.25, 0.3) is 0 Å². The summed E-state index contributed by atoms with van der Waals surface area (Å²) in [5, 5.41) is 2.87. The minimum Gasteiger partial charge on any atom is -1.00 e. The number of nitrogens with one attached hydrogen (secondary N) is 1. The van der Waals surface area contributed by atoms with Crippen LogP contribution in [0.4, 0.5) is 0 Å². The number of ether oxygens (including phenoxy) is 1. The molecule has 24 heavy (non-hydrogen) atoms. The predicted octanol–water partition coefficient (Wildman–Crippen LogP) is -1.34. The summed E-state index contributed by atoms with van der Waals surface area (Å²) in [7, 11) is 1.77. The molecule has 6 heteroatoms.